The van der Waals surface area contributed by atoms with Gasteiger partial charge in [0, 0.05) is 23.4 Å². The van der Waals surface area contributed by atoms with Crippen LogP contribution in [0.1, 0.15) is 22.5 Å². The first-order chi connectivity index (χ1) is 6.83. The fourth-order valence-electron chi connectivity index (χ4n) is 2.11. The van der Waals surface area contributed by atoms with Crippen molar-refractivity contribution in [1.29, 1.82) is 0 Å². The molecule has 78 valence electrons. The van der Waals surface area contributed by atoms with E-state index in [2.05, 4.69) is 17.2 Å². The molecule has 1 aliphatic heterocycles. The molecule has 1 aromatic rings. The predicted molar refractivity (Wildman–Crippen MR) is 56.5 cm³/mol. The molecule has 1 aliphatic rings. The lowest BCUT2D eigenvalue weighted by molar-refractivity contribution is 0.109. The Morgan fingerprint density at radius 2 is 2.36 bits per heavy atom. The lowest BCUT2D eigenvalue weighted by Crippen LogP contribution is -2.14. The maximum atomic E-state index is 5.49. The Hall–Kier alpha value is -0.800. The second kappa shape index (κ2) is 4.15. The van der Waals surface area contributed by atoms with Crippen molar-refractivity contribution in [2.75, 3.05) is 20.2 Å². The summed E-state index contributed by atoms with van der Waals surface area (Å²) in [6.45, 7) is 4.84. The van der Waals surface area contributed by atoms with E-state index in [9.17, 15) is 0 Å². The minimum absolute atomic E-state index is 0.790. The monoisotopic (exact) mass is 194 g/mol. The number of ether oxygens (including phenoxy) is 1. The van der Waals surface area contributed by atoms with E-state index < -0.39 is 0 Å². The largest absolute Gasteiger partial charge is 0.376 e. The third kappa shape index (κ3) is 1.70. The standard InChI is InChI=1S/C11H18N2O/c1-8-9(3-5-12-2)10-7-14-6-4-11(10)13-8/h12-13H,3-7H2,1-2H3. The van der Waals surface area contributed by atoms with Gasteiger partial charge in [-0.05, 0) is 32.5 Å². The number of aromatic nitrogens is 1. The fraction of sp³-hybridized carbons (Fsp3) is 0.636. The van der Waals surface area contributed by atoms with Gasteiger partial charge in [-0.3, -0.25) is 0 Å². The van der Waals surface area contributed by atoms with Gasteiger partial charge in [-0.15, -0.1) is 0 Å². The van der Waals surface area contributed by atoms with Gasteiger partial charge in [0.15, 0.2) is 0 Å². The van der Waals surface area contributed by atoms with Gasteiger partial charge >= 0.3 is 0 Å². The number of hydrogen-bond donors (Lipinski definition) is 2. The third-order valence-electron chi connectivity index (χ3n) is 2.89. The Bertz CT molecular complexity index is 317. The highest BCUT2D eigenvalue weighted by atomic mass is 16.5. The minimum atomic E-state index is 0.790. The molecule has 14 heavy (non-hydrogen) atoms. The number of H-pyrrole nitrogens is 1. The number of nitrogens with one attached hydrogen (secondary N) is 2. The summed E-state index contributed by atoms with van der Waals surface area (Å²) in [5.41, 5.74) is 5.56. The van der Waals surface area contributed by atoms with Crippen molar-refractivity contribution in [2.24, 2.45) is 0 Å². The van der Waals surface area contributed by atoms with E-state index in [0.717, 1.165) is 32.6 Å². The van der Waals surface area contributed by atoms with Crippen LogP contribution >= 0.6 is 0 Å². The van der Waals surface area contributed by atoms with Crippen molar-refractivity contribution < 1.29 is 4.74 Å². The highest BCUT2D eigenvalue weighted by Gasteiger charge is 2.17. The van der Waals surface area contributed by atoms with Gasteiger partial charge < -0.3 is 15.0 Å². The summed E-state index contributed by atoms with van der Waals surface area (Å²) in [6, 6.07) is 0. The SMILES string of the molecule is CNCCc1c(C)[nH]c2c1COCC2. The molecular weight excluding hydrogens is 176 g/mol. The molecule has 0 aliphatic carbocycles. The summed E-state index contributed by atoms with van der Waals surface area (Å²) >= 11 is 0. The lowest BCUT2D eigenvalue weighted by Gasteiger charge is -2.13. The number of rotatable bonds is 3. The number of likely N-dealkylation sites (N-methyl/N-ethyl adjacent to an activating group) is 1. The molecule has 1 aromatic heterocycles. The number of aryl methyl sites for hydroxylation is 1. The van der Waals surface area contributed by atoms with Crippen LogP contribution < -0.4 is 5.32 Å². The first kappa shape index (κ1) is 9.74. The minimum Gasteiger partial charge on any atom is -0.376 e. The molecule has 0 saturated heterocycles. The van der Waals surface area contributed by atoms with Crippen molar-refractivity contribution in [3.8, 4) is 0 Å². The van der Waals surface area contributed by atoms with Gasteiger partial charge in [0.05, 0.1) is 13.2 Å². The normalized spacial score (nSPS) is 15.6. The zero-order valence-electron chi connectivity index (χ0n) is 8.94. The summed E-state index contributed by atoms with van der Waals surface area (Å²) in [7, 11) is 1.99. The first-order valence-electron chi connectivity index (χ1n) is 5.24. The molecule has 0 atom stereocenters. The van der Waals surface area contributed by atoms with Gasteiger partial charge in [0.25, 0.3) is 0 Å². The van der Waals surface area contributed by atoms with Crippen LogP contribution in [-0.2, 0) is 24.2 Å². The van der Waals surface area contributed by atoms with Gasteiger partial charge in [-0.25, -0.2) is 0 Å². The molecule has 2 N–H and O–H groups in total. The van der Waals surface area contributed by atoms with Crippen molar-refractivity contribution in [1.82, 2.24) is 10.3 Å². The Morgan fingerprint density at radius 1 is 1.50 bits per heavy atom. The smallest absolute Gasteiger partial charge is 0.0737 e. The van der Waals surface area contributed by atoms with Crippen molar-refractivity contribution in [2.45, 2.75) is 26.4 Å². The quantitative estimate of drug-likeness (QED) is 0.757. The van der Waals surface area contributed by atoms with Crippen LogP contribution in [-0.4, -0.2) is 25.2 Å². The van der Waals surface area contributed by atoms with Crippen LogP contribution in [0.5, 0.6) is 0 Å². The molecule has 3 heteroatoms. The Labute approximate surface area is 84.9 Å². The van der Waals surface area contributed by atoms with Gasteiger partial charge in [0.1, 0.15) is 0 Å². The molecule has 2 rings (SSSR count). The van der Waals surface area contributed by atoms with E-state index in [1.54, 1.807) is 0 Å². The molecule has 0 spiro atoms. The average molecular weight is 194 g/mol. The van der Waals surface area contributed by atoms with Crippen LogP contribution in [0.3, 0.4) is 0 Å². The summed E-state index contributed by atoms with van der Waals surface area (Å²) in [6.07, 6.45) is 2.13. The van der Waals surface area contributed by atoms with Crippen LogP contribution in [0.4, 0.5) is 0 Å². The van der Waals surface area contributed by atoms with E-state index in [1.165, 1.54) is 22.5 Å². The third-order valence-corrected chi connectivity index (χ3v) is 2.89. The summed E-state index contributed by atoms with van der Waals surface area (Å²) in [5, 5.41) is 3.19. The summed E-state index contributed by atoms with van der Waals surface area (Å²) < 4.78 is 5.49. The zero-order chi connectivity index (χ0) is 9.97. The maximum Gasteiger partial charge on any atom is 0.0737 e. The topological polar surface area (TPSA) is 37.0 Å². The molecule has 0 radical (unpaired) electrons. The van der Waals surface area contributed by atoms with E-state index in [4.69, 9.17) is 4.74 Å². The van der Waals surface area contributed by atoms with Gasteiger partial charge in [-0.1, -0.05) is 0 Å². The second-order valence-electron chi connectivity index (χ2n) is 3.84. The van der Waals surface area contributed by atoms with Crippen molar-refractivity contribution in [3.05, 3.63) is 22.5 Å². The molecule has 0 bridgehead atoms. The Kier molecular flexibility index (Phi) is 2.89. The van der Waals surface area contributed by atoms with E-state index >= 15 is 0 Å². The molecule has 2 heterocycles. The number of aromatic amines is 1. The van der Waals surface area contributed by atoms with Crippen LogP contribution in [0.2, 0.25) is 0 Å². The maximum absolute atomic E-state index is 5.49. The van der Waals surface area contributed by atoms with Gasteiger partial charge in [-0.2, -0.15) is 0 Å². The first-order valence-corrected chi connectivity index (χ1v) is 5.24. The van der Waals surface area contributed by atoms with Crippen LogP contribution in [0.25, 0.3) is 0 Å². The highest BCUT2D eigenvalue weighted by molar-refractivity contribution is 5.37. The predicted octanol–water partition coefficient (Wildman–Crippen LogP) is 1.16. The average Bonchev–Trinajstić information content (AvgIpc) is 2.51. The summed E-state index contributed by atoms with van der Waals surface area (Å²) in [5.74, 6) is 0. The molecule has 0 fully saturated rings. The molecule has 0 amide bonds. The fourth-order valence-corrected chi connectivity index (χ4v) is 2.11. The highest BCUT2D eigenvalue weighted by Crippen LogP contribution is 2.23. The molecule has 0 unspecified atom stereocenters. The Balaban J connectivity index is 2.24. The second-order valence-corrected chi connectivity index (χ2v) is 3.84. The van der Waals surface area contributed by atoms with Crippen molar-refractivity contribution in [3.63, 3.8) is 0 Å². The van der Waals surface area contributed by atoms with Crippen LogP contribution in [0.15, 0.2) is 0 Å². The van der Waals surface area contributed by atoms with E-state index in [1.807, 2.05) is 7.05 Å². The summed E-state index contributed by atoms with van der Waals surface area (Å²) in [4.78, 5) is 3.47. The zero-order valence-corrected chi connectivity index (χ0v) is 8.94. The van der Waals surface area contributed by atoms with E-state index in [0.29, 0.717) is 0 Å². The molecular formula is C11H18N2O. The van der Waals surface area contributed by atoms with E-state index in [-0.39, 0.29) is 0 Å². The molecule has 3 nitrogen and oxygen atoms in total. The van der Waals surface area contributed by atoms with Crippen LogP contribution in [0, 0.1) is 6.92 Å². The number of fused-ring (bicyclic) bond motifs is 1. The van der Waals surface area contributed by atoms with Crippen molar-refractivity contribution >= 4 is 0 Å². The Morgan fingerprint density at radius 3 is 3.14 bits per heavy atom. The molecule has 0 aromatic carbocycles. The lowest BCUT2D eigenvalue weighted by atomic mass is 10.0. The molecule has 0 saturated carbocycles. The number of hydrogen-bond acceptors (Lipinski definition) is 2. The van der Waals surface area contributed by atoms with Gasteiger partial charge in [0.2, 0.25) is 0 Å².